The van der Waals surface area contributed by atoms with E-state index in [4.69, 9.17) is 13.9 Å². The van der Waals surface area contributed by atoms with Crippen molar-refractivity contribution in [3.8, 4) is 11.5 Å². The quantitative estimate of drug-likeness (QED) is 0.942. The van der Waals surface area contributed by atoms with Gasteiger partial charge < -0.3 is 19.0 Å². The predicted octanol–water partition coefficient (Wildman–Crippen LogP) is 3.14. The van der Waals surface area contributed by atoms with E-state index in [2.05, 4.69) is 15.9 Å². The van der Waals surface area contributed by atoms with Gasteiger partial charge in [-0.25, -0.2) is 0 Å². The topological polar surface area (TPSA) is 51.8 Å². The third-order valence-electron chi connectivity index (χ3n) is 2.61. The zero-order chi connectivity index (χ0) is 13.1. The van der Waals surface area contributed by atoms with Gasteiger partial charge in [-0.3, -0.25) is 0 Å². The number of methoxy groups -OCH3 is 2. The SMILES string of the molecule is COc1cc(Br)c(C(O)c2ccco2)cc1OC. The van der Waals surface area contributed by atoms with E-state index in [1.54, 1.807) is 38.5 Å². The van der Waals surface area contributed by atoms with Gasteiger partial charge >= 0.3 is 0 Å². The minimum atomic E-state index is -0.853. The van der Waals surface area contributed by atoms with Crippen LogP contribution in [-0.2, 0) is 0 Å². The van der Waals surface area contributed by atoms with Gasteiger partial charge in [0, 0.05) is 10.0 Å². The number of aliphatic hydroxyl groups excluding tert-OH is 1. The molecular weight excluding hydrogens is 300 g/mol. The summed E-state index contributed by atoms with van der Waals surface area (Å²) >= 11 is 3.40. The van der Waals surface area contributed by atoms with Gasteiger partial charge in [0.05, 0.1) is 20.5 Å². The molecule has 1 atom stereocenters. The molecule has 1 N–H and O–H groups in total. The van der Waals surface area contributed by atoms with E-state index in [0.717, 1.165) is 4.47 Å². The van der Waals surface area contributed by atoms with Crippen LogP contribution in [0.15, 0.2) is 39.4 Å². The van der Waals surface area contributed by atoms with Crippen molar-refractivity contribution in [2.75, 3.05) is 14.2 Å². The second kappa shape index (κ2) is 5.46. The second-order valence-corrected chi connectivity index (χ2v) is 4.50. The Labute approximate surface area is 113 Å². The molecule has 1 aromatic heterocycles. The van der Waals surface area contributed by atoms with Crippen LogP contribution in [0.1, 0.15) is 17.4 Å². The Kier molecular flexibility index (Phi) is 3.93. The maximum Gasteiger partial charge on any atom is 0.161 e. The van der Waals surface area contributed by atoms with E-state index in [1.165, 1.54) is 6.26 Å². The zero-order valence-corrected chi connectivity index (χ0v) is 11.6. The summed E-state index contributed by atoms with van der Waals surface area (Å²) in [7, 11) is 3.11. The molecule has 0 radical (unpaired) electrons. The van der Waals surface area contributed by atoms with Crippen molar-refractivity contribution >= 4 is 15.9 Å². The van der Waals surface area contributed by atoms with Gasteiger partial charge in [0.2, 0.25) is 0 Å². The lowest BCUT2D eigenvalue weighted by Gasteiger charge is -2.14. The number of benzene rings is 1. The average molecular weight is 313 g/mol. The highest BCUT2D eigenvalue weighted by atomic mass is 79.9. The van der Waals surface area contributed by atoms with Crippen molar-refractivity contribution in [1.82, 2.24) is 0 Å². The normalized spacial score (nSPS) is 12.2. The number of hydrogen-bond acceptors (Lipinski definition) is 4. The lowest BCUT2D eigenvalue weighted by molar-refractivity contribution is 0.188. The van der Waals surface area contributed by atoms with Crippen molar-refractivity contribution in [3.63, 3.8) is 0 Å². The van der Waals surface area contributed by atoms with E-state index in [0.29, 0.717) is 22.8 Å². The fraction of sp³-hybridized carbons (Fsp3) is 0.231. The molecule has 1 aromatic carbocycles. The predicted molar refractivity (Wildman–Crippen MR) is 70.0 cm³/mol. The summed E-state index contributed by atoms with van der Waals surface area (Å²) in [6.45, 7) is 0. The van der Waals surface area contributed by atoms with E-state index in [1.807, 2.05) is 0 Å². The van der Waals surface area contributed by atoms with Crippen LogP contribution in [0, 0.1) is 0 Å². The molecule has 0 fully saturated rings. The summed E-state index contributed by atoms with van der Waals surface area (Å²) in [4.78, 5) is 0. The van der Waals surface area contributed by atoms with Gasteiger partial charge in [0.15, 0.2) is 11.5 Å². The second-order valence-electron chi connectivity index (χ2n) is 3.65. The van der Waals surface area contributed by atoms with Crippen LogP contribution < -0.4 is 9.47 Å². The lowest BCUT2D eigenvalue weighted by atomic mass is 10.1. The van der Waals surface area contributed by atoms with E-state index < -0.39 is 6.10 Å². The van der Waals surface area contributed by atoms with Crippen molar-refractivity contribution in [2.45, 2.75) is 6.10 Å². The Bertz CT molecular complexity index is 522. The Morgan fingerprint density at radius 1 is 1.22 bits per heavy atom. The molecule has 1 unspecified atom stereocenters. The number of ether oxygens (including phenoxy) is 2. The van der Waals surface area contributed by atoms with Crippen molar-refractivity contribution in [3.05, 3.63) is 46.3 Å². The van der Waals surface area contributed by atoms with Crippen molar-refractivity contribution in [1.29, 1.82) is 0 Å². The van der Waals surface area contributed by atoms with E-state index in [-0.39, 0.29) is 0 Å². The first kappa shape index (κ1) is 13.0. The molecule has 0 saturated heterocycles. The molecule has 96 valence electrons. The molecule has 0 amide bonds. The number of rotatable bonds is 4. The maximum atomic E-state index is 10.2. The van der Waals surface area contributed by atoms with Crippen LogP contribution in [-0.4, -0.2) is 19.3 Å². The minimum absolute atomic E-state index is 0.475. The Balaban J connectivity index is 2.45. The lowest BCUT2D eigenvalue weighted by Crippen LogP contribution is -2.01. The zero-order valence-electron chi connectivity index (χ0n) is 10.0. The molecule has 0 aliphatic carbocycles. The molecule has 0 spiro atoms. The van der Waals surface area contributed by atoms with Gasteiger partial charge in [-0.2, -0.15) is 0 Å². The highest BCUT2D eigenvalue weighted by Crippen LogP contribution is 2.37. The van der Waals surface area contributed by atoms with Crippen molar-refractivity contribution in [2.24, 2.45) is 0 Å². The molecule has 0 saturated carbocycles. The van der Waals surface area contributed by atoms with Crippen LogP contribution in [0.4, 0.5) is 0 Å². The Morgan fingerprint density at radius 3 is 2.44 bits per heavy atom. The summed E-state index contributed by atoms with van der Waals surface area (Å²) in [6, 6.07) is 6.91. The summed E-state index contributed by atoms with van der Waals surface area (Å²) in [5.74, 6) is 1.63. The van der Waals surface area contributed by atoms with Gasteiger partial charge in [-0.05, 0) is 24.3 Å². The van der Waals surface area contributed by atoms with Gasteiger partial charge in [-0.1, -0.05) is 15.9 Å². The first-order valence-corrected chi connectivity index (χ1v) is 6.09. The molecule has 18 heavy (non-hydrogen) atoms. The Hall–Kier alpha value is -1.46. The molecule has 1 heterocycles. The van der Waals surface area contributed by atoms with Gasteiger partial charge in [-0.15, -0.1) is 0 Å². The molecule has 5 heteroatoms. The average Bonchev–Trinajstić information content (AvgIpc) is 2.91. The third-order valence-corrected chi connectivity index (χ3v) is 3.30. The number of halogens is 1. The molecule has 4 nitrogen and oxygen atoms in total. The monoisotopic (exact) mass is 312 g/mol. The number of hydrogen-bond donors (Lipinski definition) is 1. The highest BCUT2D eigenvalue weighted by Gasteiger charge is 2.19. The number of furan rings is 1. The summed E-state index contributed by atoms with van der Waals surface area (Å²) < 4.78 is 16.3. The van der Waals surface area contributed by atoms with Crippen LogP contribution in [0.5, 0.6) is 11.5 Å². The first-order valence-electron chi connectivity index (χ1n) is 5.30. The first-order chi connectivity index (χ1) is 8.67. The summed E-state index contributed by atoms with van der Waals surface area (Å²) in [6.07, 6.45) is 0.668. The largest absolute Gasteiger partial charge is 0.493 e. The fourth-order valence-corrected chi connectivity index (χ4v) is 2.22. The molecule has 0 aliphatic heterocycles. The maximum absolute atomic E-state index is 10.2. The number of aliphatic hydroxyl groups is 1. The summed E-state index contributed by atoms with van der Waals surface area (Å²) in [5, 5.41) is 10.2. The molecular formula is C13H13BrO4. The Morgan fingerprint density at radius 2 is 1.89 bits per heavy atom. The van der Waals surface area contributed by atoms with E-state index >= 15 is 0 Å². The van der Waals surface area contributed by atoms with Crippen LogP contribution in [0.25, 0.3) is 0 Å². The van der Waals surface area contributed by atoms with Crippen LogP contribution >= 0.6 is 15.9 Å². The minimum Gasteiger partial charge on any atom is -0.493 e. The molecule has 2 rings (SSSR count). The highest BCUT2D eigenvalue weighted by molar-refractivity contribution is 9.10. The van der Waals surface area contributed by atoms with Crippen molar-refractivity contribution < 1.29 is 19.0 Å². The summed E-state index contributed by atoms with van der Waals surface area (Å²) in [5.41, 5.74) is 0.655. The van der Waals surface area contributed by atoms with Gasteiger partial charge in [0.25, 0.3) is 0 Å². The van der Waals surface area contributed by atoms with Gasteiger partial charge in [0.1, 0.15) is 11.9 Å². The third kappa shape index (κ3) is 2.37. The van der Waals surface area contributed by atoms with Crippen LogP contribution in [0.3, 0.4) is 0 Å². The molecule has 0 aliphatic rings. The van der Waals surface area contributed by atoms with Crippen LogP contribution in [0.2, 0.25) is 0 Å². The standard InChI is InChI=1S/C13H13BrO4/c1-16-11-6-8(9(14)7-12(11)17-2)13(15)10-4-3-5-18-10/h3-7,13,15H,1-2H3. The fourth-order valence-electron chi connectivity index (χ4n) is 1.68. The smallest absolute Gasteiger partial charge is 0.161 e. The molecule has 2 aromatic rings. The van der Waals surface area contributed by atoms with E-state index in [9.17, 15) is 5.11 Å². The molecule has 0 bridgehead atoms.